The van der Waals surface area contributed by atoms with Crippen LogP contribution in [0, 0.1) is 0 Å². The molecule has 0 aromatic heterocycles. The van der Waals surface area contributed by atoms with Gasteiger partial charge in [-0.05, 0) is 39.5 Å². The molecule has 1 saturated heterocycles. The molecule has 19 heavy (non-hydrogen) atoms. The Morgan fingerprint density at radius 1 is 1.42 bits per heavy atom. The molecule has 0 aliphatic carbocycles. The summed E-state index contributed by atoms with van der Waals surface area (Å²) in [6.45, 7) is 8.72. The zero-order valence-corrected chi connectivity index (χ0v) is 12.9. The minimum atomic E-state index is 0.00873. The zero-order chi connectivity index (χ0) is 14.3. The van der Waals surface area contributed by atoms with Crippen molar-refractivity contribution in [3.05, 3.63) is 0 Å². The van der Waals surface area contributed by atoms with Crippen LogP contribution in [-0.4, -0.2) is 36.7 Å². The highest BCUT2D eigenvalue weighted by Crippen LogP contribution is 2.18. The summed E-state index contributed by atoms with van der Waals surface area (Å²) in [6.07, 6.45) is 5.49. The summed E-state index contributed by atoms with van der Waals surface area (Å²) in [6, 6.07) is 1.18. The average molecular weight is 270 g/mol. The van der Waals surface area contributed by atoms with Crippen LogP contribution in [0.25, 0.3) is 0 Å². The van der Waals surface area contributed by atoms with Gasteiger partial charge in [-0.25, -0.2) is 0 Å². The molecule has 0 spiro atoms. The maximum atomic E-state index is 11.8. The first-order valence-electron chi connectivity index (χ1n) is 7.73. The third-order valence-corrected chi connectivity index (χ3v) is 3.83. The van der Waals surface area contributed by atoms with Crippen molar-refractivity contribution in [3.63, 3.8) is 0 Å². The van der Waals surface area contributed by atoms with E-state index < -0.39 is 0 Å². The Balaban J connectivity index is 2.28. The Bertz CT molecular complexity index is 271. The Kier molecular flexibility index (Phi) is 7.39. The van der Waals surface area contributed by atoms with Crippen molar-refractivity contribution in [2.45, 2.75) is 84.0 Å². The minimum Gasteiger partial charge on any atom is -0.367 e. The van der Waals surface area contributed by atoms with Gasteiger partial charge in [0.1, 0.15) is 6.61 Å². The minimum absolute atomic E-state index is 0.00873. The molecule has 1 aliphatic heterocycles. The van der Waals surface area contributed by atoms with Gasteiger partial charge in [-0.1, -0.05) is 20.3 Å². The van der Waals surface area contributed by atoms with Crippen LogP contribution in [0.1, 0.15) is 59.8 Å². The Morgan fingerprint density at radius 2 is 2.16 bits per heavy atom. The van der Waals surface area contributed by atoms with Crippen LogP contribution in [0.2, 0.25) is 0 Å². The van der Waals surface area contributed by atoms with Crippen LogP contribution in [-0.2, 0) is 9.53 Å². The standard InChI is InChI=1S/C15H30N2O2/c1-5-7-11(3)17-15(18)10-19-14-9-8-12(4)16-13(14)6-2/h11-14,16H,5-10H2,1-4H3,(H,17,18). The topological polar surface area (TPSA) is 50.4 Å². The summed E-state index contributed by atoms with van der Waals surface area (Å²) in [5.41, 5.74) is 0. The largest absolute Gasteiger partial charge is 0.367 e. The van der Waals surface area contributed by atoms with E-state index in [-0.39, 0.29) is 24.7 Å². The van der Waals surface area contributed by atoms with Gasteiger partial charge in [0.25, 0.3) is 0 Å². The lowest BCUT2D eigenvalue weighted by Gasteiger charge is -2.35. The summed E-state index contributed by atoms with van der Waals surface area (Å²) in [7, 11) is 0. The highest BCUT2D eigenvalue weighted by atomic mass is 16.5. The SMILES string of the molecule is CCCC(C)NC(=O)COC1CCC(C)NC1CC. The van der Waals surface area contributed by atoms with E-state index >= 15 is 0 Å². The molecule has 1 heterocycles. The average Bonchev–Trinajstić information content (AvgIpc) is 2.37. The molecule has 0 aromatic carbocycles. The lowest BCUT2D eigenvalue weighted by molar-refractivity contribution is -0.129. The van der Waals surface area contributed by atoms with E-state index in [4.69, 9.17) is 4.74 Å². The van der Waals surface area contributed by atoms with Gasteiger partial charge in [-0.3, -0.25) is 4.79 Å². The molecule has 4 nitrogen and oxygen atoms in total. The lowest BCUT2D eigenvalue weighted by atomic mass is 9.95. The number of carbonyl (C=O) groups is 1. The van der Waals surface area contributed by atoms with Gasteiger partial charge < -0.3 is 15.4 Å². The number of ether oxygens (including phenoxy) is 1. The zero-order valence-electron chi connectivity index (χ0n) is 12.9. The fourth-order valence-corrected chi connectivity index (χ4v) is 2.76. The molecule has 1 aliphatic rings. The van der Waals surface area contributed by atoms with E-state index in [1.54, 1.807) is 0 Å². The monoisotopic (exact) mass is 270 g/mol. The molecule has 1 rings (SSSR count). The number of hydrogen-bond acceptors (Lipinski definition) is 3. The molecular weight excluding hydrogens is 240 g/mol. The molecule has 0 radical (unpaired) electrons. The van der Waals surface area contributed by atoms with Gasteiger partial charge in [0.15, 0.2) is 0 Å². The fraction of sp³-hybridized carbons (Fsp3) is 0.933. The van der Waals surface area contributed by atoms with Crippen molar-refractivity contribution in [1.29, 1.82) is 0 Å². The third kappa shape index (κ3) is 5.91. The van der Waals surface area contributed by atoms with E-state index in [9.17, 15) is 4.79 Å². The predicted octanol–water partition coefficient (Wildman–Crippen LogP) is 2.23. The second-order valence-electron chi connectivity index (χ2n) is 5.77. The van der Waals surface area contributed by atoms with E-state index in [1.807, 2.05) is 6.92 Å². The first-order chi connectivity index (χ1) is 9.06. The molecule has 0 aromatic rings. The van der Waals surface area contributed by atoms with Crippen molar-refractivity contribution in [2.75, 3.05) is 6.61 Å². The van der Waals surface area contributed by atoms with Crippen LogP contribution >= 0.6 is 0 Å². The third-order valence-electron chi connectivity index (χ3n) is 3.83. The Labute approximate surface area is 117 Å². The van der Waals surface area contributed by atoms with E-state index in [0.29, 0.717) is 12.1 Å². The normalized spacial score (nSPS) is 28.9. The quantitative estimate of drug-likeness (QED) is 0.746. The molecule has 0 saturated carbocycles. The van der Waals surface area contributed by atoms with E-state index in [0.717, 1.165) is 32.1 Å². The lowest BCUT2D eigenvalue weighted by Crippen LogP contribution is -2.50. The molecule has 1 amide bonds. The Hall–Kier alpha value is -0.610. The molecule has 112 valence electrons. The summed E-state index contributed by atoms with van der Waals surface area (Å²) >= 11 is 0. The summed E-state index contributed by atoms with van der Waals surface area (Å²) in [4.78, 5) is 11.8. The van der Waals surface area contributed by atoms with Crippen molar-refractivity contribution in [2.24, 2.45) is 0 Å². The maximum absolute atomic E-state index is 11.8. The van der Waals surface area contributed by atoms with Crippen molar-refractivity contribution in [1.82, 2.24) is 10.6 Å². The molecule has 0 bridgehead atoms. The highest BCUT2D eigenvalue weighted by Gasteiger charge is 2.27. The van der Waals surface area contributed by atoms with Gasteiger partial charge in [-0.2, -0.15) is 0 Å². The van der Waals surface area contributed by atoms with Crippen LogP contribution in [0.4, 0.5) is 0 Å². The van der Waals surface area contributed by atoms with Gasteiger partial charge >= 0.3 is 0 Å². The number of carbonyl (C=O) groups excluding carboxylic acids is 1. The number of rotatable bonds is 7. The molecule has 4 atom stereocenters. The van der Waals surface area contributed by atoms with Crippen molar-refractivity contribution >= 4 is 5.91 Å². The fourth-order valence-electron chi connectivity index (χ4n) is 2.76. The highest BCUT2D eigenvalue weighted by molar-refractivity contribution is 5.77. The van der Waals surface area contributed by atoms with Gasteiger partial charge in [0.2, 0.25) is 5.91 Å². The summed E-state index contributed by atoms with van der Waals surface area (Å²) in [5, 5.41) is 6.52. The molecule has 4 heteroatoms. The van der Waals surface area contributed by atoms with Crippen molar-refractivity contribution < 1.29 is 9.53 Å². The first kappa shape index (κ1) is 16.4. The second kappa shape index (κ2) is 8.54. The second-order valence-corrected chi connectivity index (χ2v) is 5.77. The number of amides is 1. The van der Waals surface area contributed by atoms with Crippen LogP contribution in [0.5, 0.6) is 0 Å². The molecular formula is C15H30N2O2. The number of nitrogens with one attached hydrogen (secondary N) is 2. The van der Waals surface area contributed by atoms with Crippen LogP contribution in [0.3, 0.4) is 0 Å². The molecule has 1 fully saturated rings. The van der Waals surface area contributed by atoms with Gasteiger partial charge in [0, 0.05) is 18.1 Å². The van der Waals surface area contributed by atoms with E-state index in [1.165, 1.54) is 0 Å². The first-order valence-corrected chi connectivity index (χ1v) is 7.73. The number of piperidine rings is 1. The van der Waals surface area contributed by atoms with Gasteiger partial charge in [-0.15, -0.1) is 0 Å². The Morgan fingerprint density at radius 3 is 2.79 bits per heavy atom. The summed E-state index contributed by atoms with van der Waals surface area (Å²) in [5.74, 6) is 0.00873. The summed E-state index contributed by atoms with van der Waals surface area (Å²) < 4.78 is 5.80. The predicted molar refractivity (Wildman–Crippen MR) is 78.2 cm³/mol. The maximum Gasteiger partial charge on any atom is 0.246 e. The number of hydrogen-bond donors (Lipinski definition) is 2. The van der Waals surface area contributed by atoms with Gasteiger partial charge in [0.05, 0.1) is 6.10 Å². The molecule has 2 N–H and O–H groups in total. The smallest absolute Gasteiger partial charge is 0.246 e. The van der Waals surface area contributed by atoms with E-state index in [2.05, 4.69) is 31.4 Å². The van der Waals surface area contributed by atoms with Crippen LogP contribution in [0.15, 0.2) is 0 Å². The van der Waals surface area contributed by atoms with Crippen molar-refractivity contribution in [3.8, 4) is 0 Å². The van der Waals surface area contributed by atoms with Crippen LogP contribution < -0.4 is 10.6 Å². The molecule has 4 unspecified atom stereocenters.